The molecule has 0 heterocycles. The van der Waals surface area contributed by atoms with Crippen LogP contribution in [0.4, 0.5) is 5.69 Å². The van der Waals surface area contributed by atoms with E-state index in [0.29, 0.717) is 16.5 Å². The number of benzene rings is 2. The van der Waals surface area contributed by atoms with Gasteiger partial charge in [0.25, 0.3) is 0 Å². The zero-order chi connectivity index (χ0) is 12.3. The quantitative estimate of drug-likeness (QED) is 0.830. The average molecular weight is 248 g/mol. The summed E-state index contributed by atoms with van der Waals surface area (Å²) in [5, 5.41) is 0.535. The lowest BCUT2D eigenvalue weighted by Crippen LogP contribution is -2.03. The summed E-state index contributed by atoms with van der Waals surface area (Å²) < 4.78 is 5.80. The molecule has 88 valence electrons. The van der Waals surface area contributed by atoms with E-state index in [-0.39, 0.29) is 6.10 Å². The largest absolute Gasteiger partial charge is 0.484 e. The summed E-state index contributed by atoms with van der Waals surface area (Å²) in [5.41, 5.74) is 7.37. The molecule has 2 aromatic rings. The van der Waals surface area contributed by atoms with E-state index in [4.69, 9.17) is 22.1 Å². The summed E-state index contributed by atoms with van der Waals surface area (Å²) in [6.07, 6.45) is -0.0441. The first-order valence-corrected chi connectivity index (χ1v) is 5.81. The Labute approximate surface area is 106 Å². The molecule has 3 heteroatoms. The van der Waals surface area contributed by atoms with E-state index in [2.05, 4.69) is 0 Å². The minimum Gasteiger partial charge on any atom is -0.484 e. The summed E-state index contributed by atoms with van der Waals surface area (Å²) in [4.78, 5) is 0. The molecule has 2 nitrogen and oxygen atoms in total. The van der Waals surface area contributed by atoms with E-state index < -0.39 is 0 Å². The van der Waals surface area contributed by atoms with Crippen molar-refractivity contribution in [3.8, 4) is 5.75 Å². The molecule has 0 radical (unpaired) electrons. The maximum Gasteiger partial charge on any atom is 0.138 e. The Balaban J connectivity index is 2.16. The number of halogens is 1. The molecule has 17 heavy (non-hydrogen) atoms. The third-order valence-electron chi connectivity index (χ3n) is 2.53. The number of hydrogen-bond acceptors (Lipinski definition) is 2. The highest BCUT2D eigenvalue weighted by molar-refractivity contribution is 6.32. The second kappa shape index (κ2) is 5.11. The fraction of sp³-hybridized carbons (Fsp3) is 0.143. The van der Waals surface area contributed by atoms with E-state index >= 15 is 0 Å². The Kier molecular flexibility index (Phi) is 3.55. The Morgan fingerprint density at radius 3 is 2.47 bits per heavy atom. The number of anilines is 1. The lowest BCUT2D eigenvalue weighted by atomic mass is 10.1. The predicted molar refractivity (Wildman–Crippen MR) is 71.3 cm³/mol. The Morgan fingerprint density at radius 1 is 1.12 bits per heavy atom. The SMILES string of the molecule is C[C@@H](Oc1ccc(N)cc1Cl)c1ccccc1. The molecule has 0 amide bonds. The molecule has 0 aliphatic rings. The van der Waals surface area contributed by atoms with Crippen LogP contribution in [0.3, 0.4) is 0 Å². The number of ether oxygens (including phenoxy) is 1. The van der Waals surface area contributed by atoms with Gasteiger partial charge in [-0.3, -0.25) is 0 Å². The Bertz CT molecular complexity index is 499. The lowest BCUT2D eigenvalue weighted by Gasteiger charge is -2.16. The zero-order valence-electron chi connectivity index (χ0n) is 9.56. The van der Waals surface area contributed by atoms with Crippen molar-refractivity contribution in [3.05, 3.63) is 59.1 Å². The summed E-state index contributed by atoms with van der Waals surface area (Å²) in [6, 6.07) is 15.3. The van der Waals surface area contributed by atoms with Crippen LogP contribution in [0, 0.1) is 0 Å². The van der Waals surface area contributed by atoms with E-state index in [1.54, 1.807) is 18.2 Å². The molecule has 0 spiro atoms. The molecule has 2 aromatic carbocycles. The van der Waals surface area contributed by atoms with E-state index in [1.807, 2.05) is 37.3 Å². The van der Waals surface area contributed by atoms with Crippen molar-refractivity contribution in [1.29, 1.82) is 0 Å². The highest BCUT2D eigenvalue weighted by Gasteiger charge is 2.09. The molecule has 2 N–H and O–H groups in total. The van der Waals surface area contributed by atoms with Crippen molar-refractivity contribution in [1.82, 2.24) is 0 Å². The molecule has 0 aliphatic heterocycles. The van der Waals surface area contributed by atoms with Gasteiger partial charge in [0.1, 0.15) is 11.9 Å². The lowest BCUT2D eigenvalue weighted by molar-refractivity contribution is 0.227. The molecule has 0 fully saturated rings. The molecule has 0 aromatic heterocycles. The topological polar surface area (TPSA) is 35.2 Å². The fourth-order valence-electron chi connectivity index (χ4n) is 1.60. The summed E-state index contributed by atoms with van der Waals surface area (Å²) in [5.74, 6) is 0.650. The maximum atomic E-state index is 6.06. The summed E-state index contributed by atoms with van der Waals surface area (Å²) >= 11 is 6.06. The van der Waals surface area contributed by atoms with E-state index in [0.717, 1.165) is 5.56 Å². The van der Waals surface area contributed by atoms with Crippen LogP contribution < -0.4 is 10.5 Å². The van der Waals surface area contributed by atoms with Gasteiger partial charge < -0.3 is 10.5 Å². The highest BCUT2D eigenvalue weighted by Crippen LogP contribution is 2.30. The minimum atomic E-state index is -0.0441. The van der Waals surface area contributed by atoms with E-state index in [9.17, 15) is 0 Å². The van der Waals surface area contributed by atoms with Crippen molar-refractivity contribution in [2.24, 2.45) is 0 Å². The normalized spacial score (nSPS) is 12.1. The van der Waals surface area contributed by atoms with Crippen LogP contribution in [-0.2, 0) is 0 Å². The van der Waals surface area contributed by atoms with Crippen LogP contribution >= 0.6 is 11.6 Å². The second-order valence-corrected chi connectivity index (χ2v) is 4.27. The summed E-state index contributed by atoms with van der Waals surface area (Å²) in [7, 11) is 0. The first-order chi connectivity index (χ1) is 8.16. The van der Waals surface area contributed by atoms with Crippen molar-refractivity contribution >= 4 is 17.3 Å². The van der Waals surface area contributed by atoms with Crippen molar-refractivity contribution in [2.75, 3.05) is 5.73 Å². The van der Waals surface area contributed by atoms with Crippen molar-refractivity contribution in [3.63, 3.8) is 0 Å². The molecule has 0 saturated carbocycles. The minimum absolute atomic E-state index is 0.0441. The second-order valence-electron chi connectivity index (χ2n) is 3.86. The van der Waals surface area contributed by atoms with Gasteiger partial charge >= 0.3 is 0 Å². The molecule has 2 rings (SSSR count). The van der Waals surface area contributed by atoms with Gasteiger partial charge in [0.05, 0.1) is 5.02 Å². The molecule has 0 unspecified atom stereocenters. The first kappa shape index (κ1) is 11.8. The number of nitrogen functional groups attached to an aromatic ring is 1. The van der Waals surface area contributed by atoms with Gasteiger partial charge in [-0.25, -0.2) is 0 Å². The van der Waals surface area contributed by atoms with Crippen LogP contribution in [0.25, 0.3) is 0 Å². The zero-order valence-corrected chi connectivity index (χ0v) is 10.3. The molecule has 0 saturated heterocycles. The number of rotatable bonds is 3. The van der Waals surface area contributed by atoms with Crippen molar-refractivity contribution in [2.45, 2.75) is 13.0 Å². The first-order valence-electron chi connectivity index (χ1n) is 5.43. The summed E-state index contributed by atoms with van der Waals surface area (Å²) in [6.45, 7) is 1.99. The maximum absolute atomic E-state index is 6.06. The van der Waals surface area contributed by atoms with Gasteiger partial charge in [0.2, 0.25) is 0 Å². The van der Waals surface area contributed by atoms with Gasteiger partial charge in [0.15, 0.2) is 0 Å². The van der Waals surface area contributed by atoms with Gasteiger partial charge in [0, 0.05) is 5.69 Å². The average Bonchev–Trinajstić information content (AvgIpc) is 2.34. The monoisotopic (exact) mass is 247 g/mol. The standard InChI is InChI=1S/C14H14ClNO/c1-10(11-5-3-2-4-6-11)17-14-8-7-12(16)9-13(14)15/h2-10H,16H2,1H3/t10-/m1/s1. The van der Waals surface area contributed by atoms with Crippen LogP contribution in [0.15, 0.2) is 48.5 Å². The van der Waals surface area contributed by atoms with Crippen molar-refractivity contribution < 1.29 is 4.74 Å². The molecular weight excluding hydrogens is 234 g/mol. The van der Waals surface area contributed by atoms with Gasteiger partial charge in [-0.2, -0.15) is 0 Å². The van der Waals surface area contributed by atoms with Crippen LogP contribution in [0.5, 0.6) is 5.75 Å². The van der Waals surface area contributed by atoms with Gasteiger partial charge in [-0.05, 0) is 30.7 Å². The molecule has 0 aliphatic carbocycles. The van der Waals surface area contributed by atoms with Gasteiger partial charge in [-0.15, -0.1) is 0 Å². The smallest absolute Gasteiger partial charge is 0.138 e. The van der Waals surface area contributed by atoms with Crippen LogP contribution in [-0.4, -0.2) is 0 Å². The molecule has 0 bridgehead atoms. The number of hydrogen-bond donors (Lipinski definition) is 1. The predicted octanol–water partition coefficient (Wildman–Crippen LogP) is 4.06. The highest BCUT2D eigenvalue weighted by atomic mass is 35.5. The Hall–Kier alpha value is -1.67. The number of nitrogens with two attached hydrogens (primary N) is 1. The Morgan fingerprint density at radius 2 is 1.82 bits per heavy atom. The fourth-order valence-corrected chi connectivity index (χ4v) is 1.83. The van der Waals surface area contributed by atoms with Crippen LogP contribution in [0.2, 0.25) is 5.02 Å². The third-order valence-corrected chi connectivity index (χ3v) is 2.82. The van der Waals surface area contributed by atoms with E-state index in [1.165, 1.54) is 0 Å². The molecular formula is C14H14ClNO. The third kappa shape index (κ3) is 2.92. The molecule has 1 atom stereocenters. The van der Waals surface area contributed by atoms with Crippen LogP contribution in [0.1, 0.15) is 18.6 Å². The van der Waals surface area contributed by atoms with Gasteiger partial charge in [-0.1, -0.05) is 41.9 Å².